The molecular weight excluding hydrogens is 364 g/mol. The minimum atomic E-state index is -0.397. The van der Waals surface area contributed by atoms with Crippen LogP contribution in [0.3, 0.4) is 0 Å². The largest absolute Gasteiger partial charge is 0.347 e. The molecule has 0 bridgehead atoms. The van der Waals surface area contributed by atoms with Crippen molar-refractivity contribution in [2.45, 2.75) is 44.3 Å². The third-order valence-corrected chi connectivity index (χ3v) is 4.87. The molecule has 3 rings (SSSR count). The summed E-state index contributed by atoms with van der Waals surface area (Å²) in [7, 11) is 0. The minimum absolute atomic E-state index is 0.189. The van der Waals surface area contributed by atoms with E-state index in [2.05, 4.69) is 16.0 Å². The van der Waals surface area contributed by atoms with Crippen molar-refractivity contribution in [1.82, 2.24) is 16.0 Å². The van der Waals surface area contributed by atoms with Crippen molar-refractivity contribution in [2.24, 2.45) is 0 Å². The van der Waals surface area contributed by atoms with E-state index in [1.165, 1.54) is 36.4 Å². The van der Waals surface area contributed by atoms with Gasteiger partial charge in [0, 0.05) is 18.2 Å². The van der Waals surface area contributed by atoms with Gasteiger partial charge in [0.25, 0.3) is 5.91 Å². The number of carbonyl (C=O) groups excluding carboxylic acids is 2. The van der Waals surface area contributed by atoms with E-state index in [1.807, 2.05) is 0 Å². The Morgan fingerprint density at radius 2 is 1.36 bits per heavy atom. The van der Waals surface area contributed by atoms with Crippen LogP contribution in [-0.4, -0.2) is 24.0 Å². The zero-order chi connectivity index (χ0) is 19.9. The Bertz CT molecular complexity index is 809. The van der Waals surface area contributed by atoms with Gasteiger partial charge >= 0.3 is 6.03 Å². The van der Waals surface area contributed by atoms with E-state index in [4.69, 9.17) is 0 Å². The van der Waals surface area contributed by atoms with E-state index >= 15 is 0 Å². The molecule has 0 saturated heterocycles. The maximum atomic E-state index is 13.0. The Hall–Kier alpha value is -2.96. The average molecular weight is 387 g/mol. The monoisotopic (exact) mass is 387 g/mol. The van der Waals surface area contributed by atoms with Crippen LogP contribution in [0.1, 0.15) is 41.6 Å². The number of hydrogen-bond acceptors (Lipinski definition) is 2. The molecule has 3 amide bonds. The lowest BCUT2D eigenvalue weighted by molar-refractivity contribution is 0.0916. The summed E-state index contributed by atoms with van der Waals surface area (Å²) in [5.41, 5.74) is 1.17. The highest BCUT2D eigenvalue weighted by Gasteiger charge is 2.28. The molecule has 1 fully saturated rings. The zero-order valence-electron chi connectivity index (χ0n) is 15.4. The Kier molecular flexibility index (Phi) is 6.57. The summed E-state index contributed by atoms with van der Waals surface area (Å²) in [6, 6.07) is 10.6. The molecule has 7 heteroatoms. The van der Waals surface area contributed by atoms with Crippen LogP contribution in [0.5, 0.6) is 0 Å². The molecular formula is C21H23F2N3O2. The molecule has 0 radical (unpaired) electrons. The summed E-state index contributed by atoms with van der Waals surface area (Å²) in [5.74, 6) is -1.01. The second-order valence-electron chi connectivity index (χ2n) is 6.93. The fourth-order valence-electron chi connectivity index (χ4n) is 3.33. The number of halogens is 2. The molecule has 1 aliphatic rings. The van der Waals surface area contributed by atoms with Crippen molar-refractivity contribution in [2.75, 3.05) is 0 Å². The summed E-state index contributed by atoms with van der Waals surface area (Å²) < 4.78 is 26.0. The van der Waals surface area contributed by atoms with Crippen molar-refractivity contribution in [1.29, 1.82) is 0 Å². The molecule has 148 valence electrons. The summed E-state index contributed by atoms with van der Waals surface area (Å²) in [4.78, 5) is 24.6. The predicted molar refractivity (Wildman–Crippen MR) is 102 cm³/mol. The van der Waals surface area contributed by atoms with Gasteiger partial charge < -0.3 is 16.0 Å². The smallest absolute Gasteiger partial charge is 0.315 e. The molecule has 2 atom stereocenters. The molecule has 3 N–H and O–H groups in total. The predicted octanol–water partition coefficient (Wildman–Crippen LogP) is 3.51. The quantitative estimate of drug-likeness (QED) is 0.735. The first-order valence-electron chi connectivity index (χ1n) is 9.36. The van der Waals surface area contributed by atoms with E-state index < -0.39 is 5.82 Å². The first-order chi connectivity index (χ1) is 13.5. The van der Waals surface area contributed by atoms with Crippen LogP contribution in [0.2, 0.25) is 0 Å². The van der Waals surface area contributed by atoms with Crippen molar-refractivity contribution < 1.29 is 18.4 Å². The van der Waals surface area contributed by atoms with Gasteiger partial charge in [-0.3, -0.25) is 4.79 Å². The molecule has 28 heavy (non-hydrogen) atoms. The summed E-state index contributed by atoms with van der Waals surface area (Å²) >= 11 is 0. The van der Waals surface area contributed by atoms with Crippen LogP contribution in [0, 0.1) is 11.6 Å². The van der Waals surface area contributed by atoms with Gasteiger partial charge in [0.2, 0.25) is 0 Å². The Balaban J connectivity index is 1.53. The van der Waals surface area contributed by atoms with Crippen molar-refractivity contribution >= 4 is 11.9 Å². The van der Waals surface area contributed by atoms with Gasteiger partial charge in [-0.25, -0.2) is 13.6 Å². The van der Waals surface area contributed by atoms with Gasteiger partial charge in [-0.05, 0) is 54.8 Å². The number of nitrogens with one attached hydrogen (secondary N) is 3. The van der Waals surface area contributed by atoms with Crippen molar-refractivity contribution in [3.63, 3.8) is 0 Å². The molecule has 2 unspecified atom stereocenters. The van der Waals surface area contributed by atoms with Gasteiger partial charge in [-0.1, -0.05) is 25.0 Å². The van der Waals surface area contributed by atoms with Crippen LogP contribution in [0.4, 0.5) is 13.6 Å². The first-order valence-corrected chi connectivity index (χ1v) is 9.36. The third kappa shape index (κ3) is 5.52. The number of benzene rings is 2. The van der Waals surface area contributed by atoms with Crippen LogP contribution in [0.25, 0.3) is 0 Å². The number of amides is 3. The SMILES string of the molecule is O=C(NCc1ccc(F)cc1)NC1CCCCC1NC(=O)c1ccc(F)cc1. The number of rotatable bonds is 5. The fourth-order valence-corrected chi connectivity index (χ4v) is 3.33. The van der Waals surface area contributed by atoms with Gasteiger partial charge in [-0.15, -0.1) is 0 Å². The highest BCUT2D eigenvalue weighted by molar-refractivity contribution is 5.94. The van der Waals surface area contributed by atoms with Crippen LogP contribution in [-0.2, 0) is 6.54 Å². The standard InChI is InChI=1S/C21H23F2N3O2/c22-16-9-5-14(6-10-16)13-24-21(28)26-19-4-2-1-3-18(19)25-20(27)15-7-11-17(23)12-8-15/h5-12,18-19H,1-4,13H2,(H,25,27)(H2,24,26,28). The lowest BCUT2D eigenvalue weighted by atomic mass is 9.90. The van der Waals surface area contributed by atoms with Gasteiger partial charge in [0.05, 0.1) is 6.04 Å². The zero-order valence-corrected chi connectivity index (χ0v) is 15.4. The Morgan fingerprint density at radius 1 is 0.821 bits per heavy atom. The van der Waals surface area contributed by atoms with Gasteiger partial charge in [0.1, 0.15) is 11.6 Å². The molecule has 5 nitrogen and oxygen atoms in total. The van der Waals surface area contributed by atoms with Crippen molar-refractivity contribution in [3.8, 4) is 0 Å². The normalized spacial score (nSPS) is 18.9. The van der Waals surface area contributed by atoms with Crippen molar-refractivity contribution in [3.05, 3.63) is 71.3 Å². The highest BCUT2D eigenvalue weighted by Crippen LogP contribution is 2.19. The lowest BCUT2D eigenvalue weighted by Crippen LogP contribution is -2.55. The van der Waals surface area contributed by atoms with E-state index in [9.17, 15) is 18.4 Å². The molecule has 1 aliphatic carbocycles. The molecule has 0 spiro atoms. The van der Waals surface area contributed by atoms with E-state index in [0.717, 1.165) is 31.2 Å². The maximum Gasteiger partial charge on any atom is 0.315 e. The topological polar surface area (TPSA) is 70.2 Å². The number of carbonyl (C=O) groups is 2. The van der Waals surface area contributed by atoms with E-state index in [0.29, 0.717) is 5.56 Å². The average Bonchev–Trinajstić information content (AvgIpc) is 2.69. The minimum Gasteiger partial charge on any atom is -0.347 e. The van der Waals surface area contributed by atoms with Crippen LogP contribution >= 0.6 is 0 Å². The van der Waals surface area contributed by atoms with E-state index in [-0.39, 0.29) is 36.4 Å². The molecule has 2 aromatic carbocycles. The maximum absolute atomic E-state index is 13.0. The molecule has 1 saturated carbocycles. The molecule has 2 aromatic rings. The second kappa shape index (κ2) is 9.30. The molecule has 0 aliphatic heterocycles. The first kappa shape index (κ1) is 19.8. The highest BCUT2D eigenvalue weighted by atomic mass is 19.1. The Morgan fingerprint density at radius 3 is 1.96 bits per heavy atom. The summed E-state index contributed by atoms with van der Waals surface area (Å²) in [6.45, 7) is 0.283. The molecule has 0 heterocycles. The Labute approximate surface area is 162 Å². The second-order valence-corrected chi connectivity index (χ2v) is 6.93. The van der Waals surface area contributed by atoms with E-state index in [1.54, 1.807) is 12.1 Å². The third-order valence-electron chi connectivity index (χ3n) is 4.87. The molecule has 0 aromatic heterocycles. The van der Waals surface area contributed by atoms with Crippen LogP contribution in [0.15, 0.2) is 48.5 Å². The number of hydrogen-bond donors (Lipinski definition) is 3. The van der Waals surface area contributed by atoms with Gasteiger partial charge in [0.15, 0.2) is 0 Å². The summed E-state index contributed by atoms with van der Waals surface area (Å²) in [5, 5.41) is 8.61. The van der Waals surface area contributed by atoms with Gasteiger partial charge in [-0.2, -0.15) is 0 Å². The lowest BCUT2D eigenvalue weighted by Gasteiger charge is -2.32. The van der Waals surface area contributed by atoms with Crippen LogP contribution < -0.4 is 16.0 Å². The summed E-state index contributed by atoms with van der Waals surface area (Å²) in [6.07, 6.45) is 3.45. The number of urea groups is 1. The fraction of sp³-hybridized carbons (Fsp3) is 0.333.